The molecule has 2 aromatic rings. The maximum absolute atomic E-state index is 13.7. The molecule has 43 heavy (non-hydrogen) atoms. The fourth-order valence-electron chi connectivity index (χ4n) is 5.29. The molecule has 2 fully saturated rings. The summed E-state index contributed by atoms with van der Waals surface area (Å²) in [6.45, 7) is 11.3. The molecule has 0 N–H and O–H groups in total. The molecule has 1 unspecified atom stereocenters. The van der Waals surface area contributed by atoms with E-state index in [1.807, 2.05) is 62.1 Å². The number of carbonyl (C=O) groups is 2. The molecule has 0 aliphatic carbocycles. The van der Waals surface area contributed by atoms with E-state index in [0.717, 1.165) is 42.5 Å². The average Bonchev–Trinajstić information content (AvgIpc) is 2.99. The maximum Gasteiger partial charge on any atom is 0.410 e. The number of amides is 3. The van der Waals surface area contributed by atoms with Gasteiger partial charge < -0.3 is 33.5 Å². The predicted molar refractivity (Wildman–Crippen MR) is 165 cm³/mol. The van der Waals surface area contributed by atoms with Crippen molar-refractivity contribution in [1.29, 1.82) is 0 Å². The molecule has 0 bridgehead atoms. The van der Waals surface area contributed by atoms with Gasteiger partial charge in [-0.05, 0) is 57.4 Å². The van der Waals surface area contributed by atoms with Crippen molar-refractivity contribution in [2.24, 2.45) is 0 Å². The lowest BCUT2D eigenvalue weighted by Gasteiger charge is -2.36. The van der Waals surface area contributed by atoms with Gasteiger partial charge in [-0.25, -0.2) is 9.59 Å². The highest BCUT2D eigenvalue weighted by atomic mass is 16.6. The lowest BCUT2D eigenvalue weighted by atomic mass is 10.0. The van der Waals surface area contributed by atoms with E-state index >= 15 is 0 Å². The monoisotopic (exact) mass is 597 g/mol. The van der Waals surface area contributed by atoms with Gasteiger partial charge >= 0.3 is 12.1 Å². The molecule has 0 spiro atoms. The van der Waals surface area contributed by atoms with Crippen LogP contribution >= 0.6 is 0 Å². The van der Waals surface area contributed by atoms with Crippen LogP contribution in [0.15, 0.2) is 36.4 Å². The summed E-state index contributed by atoms with van der Waals surface area (Å²) in [5.41, 5.74) is 2.03. The third-order valence-corrected chi connectivity index (χ3v) is 7.54. The largest absolute Gasteiger partial charge is 0.496 e. The van der Waals surface area contributed by atoms with E-state index in [1.54, 1.807) is 24.0 Å². The molecule has 0 aromatic heterocycles. The second kappa shape index (κ2) is 14.7. The second-order valence-corrected chi connectivity index (χ2v) is 12.0. The van der Waals surface area contributed by atoms with Crippen molar-refractivity contribution in [1.82, 2.24) is 9.80 Å². The van der Waals surface area contributed by atoms with Gasteiger partial charge in [0.1, 0.15) is 17.5 Å². The van der Waals surface area contributed by atoms with Crippen LogP contribution in [0, 0.1) is 0 Å². The van der Waals surface area contributed by atoms with Crippen LogP contribution in [0.25, 0.3) is 0 Å². The number of benzene rings is 2. The third-order valence-electron chi connectivity index (χ3n) is 7.54. The number of anilines is 1. The van der Waals surface area contributed by atoms with Crippen molar-refractivity contribution in [2.45, 2.75) is 71.6 Å². The van der Waals surface area contributed by atoms with Crippen molar-refractivity contribution >= 4 is 17.8 Å². The molecule has 0 radical (unpaired) electrons. The minimum Gasteiger partial charge on any atom is -0.496 e. The Labute approximate surface area is 255 Å². The van der Waals surface area contributed by atoms with Crippen molar-refractivity contribution in [2.75, 3.05) is 58.5 Å². The Balaban J connectivity index is 1.45. The lowest BCUT2D eigenvalue weighted by molar-refractivity contribution is -0.0433. The Morgan fingerprint density at radius 1 is 0.977 bits per heavy atom. The molecule has 2 heterocycles. The lowest BCUT2D eigenvalue weighted by Crippen LogP contribution is -2.49. The molecule has 10 heteroatoms. The molecule has 2 aliphatic rings. The number of nitrogens with zero attached hydrogens (tertiary/aromatic N) is 3. The van der Waals surface area contributed by atoms with Crippen LogP contribution in [-0.2, 0) is 16.0 Å². The quantitative estimate of drug-likeness (QED) is 0.276. The smallest absolute Gasteiger partial charge is 0.410 e. The maximum atomic E-state index is 13.7. The van der Waals surface area contributed by atoms with E-state index in [-0.39, 0.29) is 18.2 Å². The van der Waals surface area contributed by atoms with Crippen LogP contribution in [0.5, 0.6) is 17.2 Å². The predicted octanol–water partition coefficient (Wildman–Crippen LogP) is 6.41. The first kappa shape index (κ1) is 32.3. The van der Waals surface area contributed by atoms with Crippen LogP contribution < -0.4 is 19.1 Å². The number of unbranched alkanes of at least 4 members (excludes halogenated alkanes) is 2. The molecule has 4 rings (SSSR count). The Kier molecular flexibility index (Phi) is 11.0. The Morgan fingerprint density at radius 3 is 2.49 bits per heavy atom. The molecule has 0 saturated carbocycles. The Morgan fingerprint density at radius 2 is 1.77 bits per heavy atom. The number of morpholine rings is 1. The Hall–Kier alpha value is -3.66. The van der Waals surface area contributed by atoms with Gasteiger partial charge in [-0.1, -0.05) is 31.9 Å². The zero-order valence-corrected chi connectivity index (χ0v) is 26.5. The standard InChI is InChI=1S/C33H47N3O7/c1-7-8-9-18-41-29-21-26(13-14-27(29)39-5)36-16-10-15-34(31(36)37)22-25-12-11-24(20-28(25)40-6)30-23-35(17-19-42-30)32(38)43-33(2,3)4/h11-14,20-21,30H,7-10,15-19,22-23H2,1-6H3. The first-order valence-electron chi connectivity index (χ1n) is 15.3. The van der Waals surface area contributed by atoms with Crippen LogP contribution in [0.3, 0.4) is 0 Å². The summed E-state index contributed by atoms with van der Waals surface area (Å²) >= 11 is 0. The van der Waals surface area contributed by atoms with Crippen molar-refractivity contribution < 1.29 is 33.3 Å². The summed E-state index contributed by atoms with van der Waals surface area (Å²) in [6.07, 6.45) is 3.38. The van der Waals surface area contributed by atoms with Gasteiger partial charge in [0, 0.05) is 37.0 Å². The van der Waals surface area contributed by atoms with E-state index < -0.39 is 5.60 Å². The summed E-state index contributed by atoms with van der Waals surface area (Å²) in [5.74, 6) is 1.98. The van der Waals surface area contributed by atoms with Crippen LogP contribution in [0.4, 0.5) is 15.3 Å². The highest BCUT2D eigenvalue weighted by Gasteiger charge is 2.31. The summed E-state index contributed by atoms with van der Waals surface area (Å²) in [7, 11) is 3.25. The summed E-state index contributed by atoms with van der Waals surface area (Å²) in [4.78, 5) is 31.6. The van der Waals surface area contributed by atoms with Crippen molar-refractivity contribution in [3.63, 3.8) is 0 Å². The molecular weight excluding hydrogens is 550 g/mol. The number of ether oxygens (including phenoxy) is 5. The SMILES string of the molecule is CCCCCOc1cc(N2CCCN(Cc3ccc(C4CN(C(=O)OC(C)(C)C)CCO4)cc3OC)C2=O)ccc1OC. The summed E-state index contributed by atoms with van der Waals surface area (Å²) in [6, 6.07) is 11.5. The molecule has 1 atom stereocenters. The summed E-state index contributed by atoms with van der Waals surface area (Å²) in [5, 5.41) is 0. The number of urea groups is 1. The van der Waals surface area contributed by atoms with Gasteiger partial charge in [0.2, 0.25) is 0 Å². The van der Waals surface area contributed by atoms with Crippen LogP contribution in [0.1, 0.15) is 70.6 Å². The highest BCUT2D eigenvalue weighted by Crippen LogP contribution is 2.34. The first-order chi connectivity index (χ1) is 20.6. The number of carbonyl (C=O) groups excluding carboxylic acids is 2. The van der Waals surface area contributed by atoms with E-state index in [1.165, 1.54) is 0 Å². The fraction of sp³-hybridized carbons (Fsp3) is 0.576. The highest BCUT2D eigenvalue weighted by molar-refractivity contribution is 5.93. The normalized spacial score (nSPS) is 17.6. The van der Waals surface area contributed by atoms with Gasteiger partial charge in [-0.15, -0.1) is 0 Å². The van der Waals surface area contributed by atoms with Gasteiger partial charge in [-0.3, -0.25) is 4.90 Å². The van der Waals surface area contributed by atoms with Gasteiger partial charge in [0.25, 0.3) is 0 Å². The number of rotatable bonds is 11. The first-order valence-corrected chi connectivity index (χ1v) is 15.3. The summed E-state index contributed by atoms with van der Waals surface area (Å²) < 4.78 is 28.8. The zero-order chi connectivity index (χ0) is 31.0. The Bertz CT molecular complexity index is 1250. The molecule has 3 amide bonds. The van der Waals surface area contributed by atoms with Crippen LogP contribution in [-0.4, -0.2) is 81.1 Å². The third kappa shape index (κ3) is 8.46. The second-order valence-electron chi connectivity index (χ2n) is 12.0. The van der Waals surface area contributed by atoms with E-state index in [0.29, 0.717) is 63.2 Å². The minimum atomic E-state index is -0.561. The molecular formula is C33H47N3O7. The van der Waals surface area contributed by atoms with E-state index in [4.69, 9.17) is 23.7 Å². The van der Waals surface area contributed by atoms with Crippen molar-refractivity contribution in [3.05, 3.63) is 47.5 Å². The molecule has 2 aliphatic heterocycles. The van der Waals surface area contributed by atoms with E-state index in [9.17, 15) is 9.59 Å². The molecule has 236 valence electrons. The molecule has 10 nitrogen and oxygen atoms in total. The van der Waals surface area contributed by atoms with Crippen LogP contribution in [0.2, 0.25) is 0 Å². The molecule has 2 saturated heterocycles. The van der Waals surface area contributed by atoms with Gasteiger partial charge in [-0.2, -0.15) is 0 Å². The van der Waals surface area contributed by atoms with Gasteiger partial charge in [0.05, 0.1) is 40.5 Å². The fourth-order valence-corrected chi connectivity index (χ4v) is 5.29. The number of hydrogen-bond donors (Lipinski definition) is 0. The van der Waals surface area contributed by atoms with Crippen molar-refractivity contribution in [3.8, 4) is 17.2 Å². The molecule has 2 aromatic carbocycles. The average molecular weight is 598 g/mol. The minimum absolute atomic E-state index is 0.0666. The number of hydrogen-bond acceptors (Lipinski definition) is 7. The van der Waals surface area contributed by atoms with Gasteiger partial charge in [0.15, 0.2) is 11.5 Å². The zero-order valence-electron chi connectivity index (χ0n) is 26.5. The topological polar surface area (TPSA) is 90.0 Å². The number of methoxy groups -OCH3 is 2. The van der Waals surface area contributed by atoms with E-state index in [2.05, 4.69) is 6.92 Å².